The highest BCUT2D eigenvalue weighted by molar-refractivity contribution is 5.94. The molecule has 0 saturated carbocycles. The lowest BCUT2D eigenvalue weighted by Crippen LogP contribution is -2.37. The van der Waals surface area contributed by atoms with E-state index in [1.807, 2.05) is 67.7 Å². The van der Waals surface area contributed by atoms with Crippen molar-refractivity contribution in [2.24, 2.45) is 0 Å². The lowest BCUT2D eigenvalue weighted by atomic mass is 9.99. The van der Waals surface area contributed by atoms with Crippen LogP contribution < -0.4 is 5.32 Å². The number of likely N-dealkylation sites (N-methyl/N-ethyl adjacent to an activating group) is 1. The average molecular weight is 653 g/mol. The molecule has 0 spiro atoms. The van der Waals surface area contributed by atoms with E-state index in [0.29, 0.717) is 25.1 Å². The Labute approximate surface area is 269 Å². The van der Waals surface area contributed by atoms with Gasteiger partial charge in [-0.2, -0.15) is 0 Å². The summed E-state index contributed by atoms with van der Waals surface area (Å²) in [4.78, 5) is 14.5. The summed E-state index contributed by atoms with van der Waals surface area (Å²) in [6.45, 7) is 4.91. The number of aliphatic hydroxyl groups is 1. The van der Waals surface area contributed by atoms with Crippen LogP contribution in [0.15, 0.2) is 85.5 Å². The van der Waals surface area contributed by atoms with Gasteiger partial charge in [-0.3, -0.25) is 4.79 Å². The fraction of sp³-hybridized carbons (Fsp3) is 0.250. The van der Waals surface area contributed by atoms with Gasteiger partial charge in [-0.05, 0) is 40.9 Å². The fourth-order valence-electron chi connectivity index (χ4n) is 5.44. The molecule has 0 bridgehead atoms. The standard InChI is InChI=1S/C36H33F5N2O4/c1-3-15-43(2)19-27-17-28(24-9-7-21(20-44)8-10-24)47-36(46-27)25-13-11-23(12-14-25)26-6-4-5-22(16-26)18-42-35(45)29-30(37)32(39)34(41)33(40)31(29)38/h3-14,16,27-28,36,44H,1,15,17-20H2,2H3,(H,42,45). The molecule has 1 aliphatic heterocycles. The molecule has 4 aromatic rings. The van der Waals surface area contributed by atoms with E-state index < -0.39 is 46.8 Å². The number of benzene rings is 4. The van der Waals surface area contributed by atoms with Crippen LogP contribution in [0.3, 0.4) is 0 Å². The first kappa shape index (κ1) is 33.9. The molecule has 2 N–H and O–H groups in total. The number of amides is 1. The predicted molar refractivity (Wildman–Crippen MR) is 165 cm³/mol. The fourth-order valence-corrected chi connectivity index (χ4v) is 5.44. The van der Waals surface area contributed by atoms with Crippen LogP contribution in [-0.2, 0) is 22.6 Å². The number of aliphatic hydroxyl groups excluding tert-OH is 1. The van der Waals surface area contributed by atoms with Gasteiger partial charge in [0, 0.05) is 31.6 Å². The summed E-state index contributed by atoms with van der Waals surface area (Å²) in [6.07, 6.45) is 1.46. The van der Waals surface area contributed by atoms with Crippen molar-refractivity contribution >= 4 is 5.91 Å². The van der Waals surface area contributed by atoms with Crippen molar-refractivity contribution in [3.63, 3.8) is 0 Å². The number of hydrogen-bond donors (Lipinski definition) is 2. The highest BCUT2D eigenvalue weighted by Crippen LogP contribution is 2.38. The number of carbonyl (C=O) groups is 1. The molecule has 3 atom stereocenters. The topological polar surface area (TPSA) is 71.0 Å². The number of nitrogens with one attached hydrogen (secondary N) is 1. The summed E-state index contributed by atoms with van der Waals surface area (Å²) in [5, 5.41) is 11.7. The summed E-state index contributed by atoms with van der Waals surface area (Å²) in [5.41, 5.74) is 3.15. The Morgan fingerprint density at radius 3 is 2.15 bits per heavy atom. The summed E-state index contributed by atoms with van der Waals surface area (Å²) >= 11 is 0. The molecule has 4 aromatic carbocycles. The van der Waals surface area contributed by atoms with Crippen LogP contribution >= 0.6 is 0 Å². The highest BCUT2D eigenvalue weighted by atomic mass is 19.2. The Morgan fingerprint density at radius 1 is 0.872 bits per heavy atom. The number of carbonyl (C=O) groups excluding carboxylic acids is 1. The number of hydrogen-bond acceptors (Lipinski definition) is 5. The minimum Gasteiger partial charge on any atom is -0.392 e. The van der Waals surface area contributed by atoms with Crippen molar-refractivity contribution in [1.29, 1.82) is 0 Å². The third-order valence-electron chi connectivity index (χ3n) is 7.90. The Hall–Kier alpha value is -4.42. The zero-order valence-corrected chi connectivity index (χ0v) is 25.5. The first-order valence-corrected chi connectivity index (χ1v) is 14.9. The second-order valence-corrected chi connectivity index (χ2v) is 11.3. The van der Waals surface area contributed by atoms with Crippen LogP contribution in [0, 0.1) is 29.1 Å². The highest BCUT2D eigenvalue weighted by Gasteiger charge is 2.33. The molecule has 1 amide bonds. The second kappa shape index (κ2) is 15.0. The third kappa shape index (κ3) is 7.77. The number of halogens is 5. The molecule has 3 unspecified atom stereocenters. The van der Waals surface area contributed by atoms with E-state index in [2.05, 4.69) is 16.8 Å². The molecular weight excluding hydrogens is 619 g/mol. The maximum absolute atomic E-state index is 14.1. The van der Waals surface area contributed by atoms with Crippen LogP contribution in [0.5, 0.6) is 0 Å². The van der Waals surface area contributed by atoms with Gasteiger partial charge in [0.15, 0.2) is 29.6 Å². The summed E-state index contributed by atoms with van der Waals surface area (Å²) in [6, 6.07) is 22.1. The van der Waals surface area contributed by atoms with Gasteiger partial charge < -0.3 is 24.8 Å². The Morgan fingerprint density at radius 2 is 1.51 bits per heavy atom. The third-order valence-corrected chi connectivity index (χ3v) is 7.90. The number of rotatable bonds is 11. The van der Waals surface area contributed by atoms with E-state index in [1.54, 1.807) is 18.2 Å². The predicted octanol–water partition coefficient (Wildman–Crippen LogP) is 7.13. The van der Waals surface area contributed by atoms with Crippen LogP contribution in [0.25, 0.3) is 11.1 Å². The minimum atomic E-state index is -2.33. The SMILES string of the molecule is C=CCN(C)CC1CC(c2ccc(CO)cc2)OC(c2ccc(-c3cccc(CNC(=O)c4c(F)c(F)c(F)c(F)c4F)c3)cc2)O1. The molecule has 1 aliphatic rings. The van der Waals surface area contributed by atoms with Gasteiger partial charge in [0.1, 0.15) is 5.56 Å². The van der Waals surface area contributed by atoms with Gasteiger partial charge in [0.05, 0.1) is 18.8 Å². The van der Waals surface area contributed by atoms with Crippen molar-refractivity contribution in [2.75, 3.05) is 20.1 Å². The van der Waals surface area contributed by atoms with Crippen LogP contribution in [0.4, 0.5) is 22.0 Å². The molecular formula is C36H33F5N2O4. The summed E-state index contributed by atoms with van der Waals surface area (Å²) in [7, 11) is 1.99. The molecule has 0 radical (unpaired) electrons. The average Bonchev–Trinajstić information content (AvgIpc) is 3.09. The van der Waals surface area contributed by atoms with Gasteiger partial charge >= 0.3 is 0 Å². The smallest absolute Gasteiger partial charge is 0.257 e. The molecule has 0 aromatic heterocycles. The van der Waals surface area contributed by atoms with Gasteiger partial charge in [0.2, 0.25) is 5.82 Å². The number of ether oxygens (including phenoxy) is 2. The van der Waals surface area contributed by atoms with Crippen LogP contribution in [0.2, 0.25) is 0 Å². The van der Waals surface area contributed by atoms with Crippen LogP contribution in [-0.4, -0.2) is 42.2 Å². The molecule has 5 rings (SSSR count). The van der Waals surface area contributed by atoms with Crippen molar-refractivity contribution < 1.29 is 41.3 Å². The first-order chi connectivity index (χ1) is 22.6. The molecule has 246 valence electrons. The summed E-state index contributed by atoms with van der Waals surface area (Å²) in [5.74, 6) is -12.5. The van der Waals surface area contributed by atoms with E-state index in [-0.39, 0.29) is 25.4 Å². The molecule has 1 heterocycles. The molecule has 1 saturated heterocycles. The zero-order valence-electron chi connectivity index (χ0n) is 25.5. The Kier molecular flexibility index (Phi) is 10.8. The lowest BCUT2D eigenvalue weighted by molar-refractivity contribution is -0.252. The maximum Gasteiger partial charge on any atom is 0.257 e. The second-order valence-electron chi connectivity index (χ2n) is 11.3. The van der Waals surface area contributed by atoms with Crippen molar-refractivity contribution in [2.45, 2.75) is 38.1 Å². The number of nitrogens with zero attached hydrogens (tertiary/aromatic N) is 1. The quantitative estimate of drug-likeness (QED) is 0.0781. The van der Waals surface area contributed by atoms with Crippen molar-refractivity contribution in [3.05, 3.63) is 142 Å². The largest absolute Gasteiger partial charge is 0.392 e. The minimum absolute atomic E-state index is 0.0468. The molecule has 47 heavy (non-hydrogen) atoms. The van der Waals surface area contributed by atoms with E-state index in [4.69, 9.17) is 9.47 Å². The molecule has 0 aliphatic carbocycles. The van der Waals surface area contributed by atoms with Gasteiger partial charge in [-0.1, -0.05) is 72.8 Å². The molecule has 1 fully saturated rings. The van der Waals surface area contributed by atoms with Gasteiger partial charge in [-0.15, -0.1) is 6.58 Å². The van der Waals surface area contributed by atoms with E-state index in [1.165, 1.54) is 0 Å². The normalized spacial score (nSPS) is 17.9. The Balaban J connectivity index is 1.30. The van der Waals surface area contributed by atoms with Crippen molar-refractivity contribution in [1.82, 2.24) is 10.2 Å². The van der Waals surface area contributed by atoms with E-state index in [9.17, 15) is 31.9 Å². The van der Waals surface area contributed by atoms with Gasteiger partial charge in [-0.25, -0.2) is 22.0 Å². The monoisotopic (exact) mass is 652 g/mol. The van der Waals surface area contributed by atoms with Gasteiger partial charge in [0.25, 0.3) is 5.91 Å². The summed E-state index contributed by atoms with van der Waals surface area (Å²) < 4.78 is 81.4. The van der Waals surface area contributed by atoms with E-state index >= 15 is 0 Å². The van der Waals surface area contributed by atoms with E-state index in [0.717, 1.165) is 27.8 Å². The zero-order chi connectivity index (χ0) is 33.7. The molecule has 6 nitrogen and oxygen atoms in total. The lowest BCUT2D eigenvalue weighted by Gasteiger charge is -2.37. The molecule has 11 heteroatoms. The van der Waals surface area contributed by atoms with Crippen molar-refractivity contribution in [3.8, 4) is 11.1 Å². The maximum atomic E-state index is 14.1. The van der Waals surface area contributed by atoms with Crippen LogP contribution in [0.1, 0.15) is 51.4 Å². The Bertz CT molecular complexity index is 1700. The first-order valence-electron chi connectivity index (χ1n) is 14.9.